The molecule has 0 aliphatic heterocycles. The van der Waals surface area contributed by atoms with Gasteiger partial charge in [0.15, 0.2) is 0 Å². The predicted molar refractivity (Wildman–Crippen MR) is 69.2 cm³/mol. The summed E-state index contributed by atoms with van der Waals surface area (Å²) in [5.74, 6) is -0.797. The van der Waals surface area contributed by atoms with Crippen LogP contribution in [0.5, 0.6) is 5.75 Å². The lowest BCUT2D eigenvalue weighted by Gasteiger charge is -2.21. The number of benzene rings is 1. The van der Waals surface area contributed by atoms with Crippen LogP contribution in [-0.4, -0.2) is 42.1 Å². The minimum absolute atomic E-state index is 0.115. The van der Waals surface area contributed by atoms with Crippen molar-refractivity contribution in [2.24, 2.45) is 5.73 Å². The zero-order valence-electron chi connectivity index (χ0n) is 11.0. The van der Waals surface area contributed by atoms with Gasteiger partial charge in [-0.05, 0) is 6.07 Å². The van der Waals surface area contributed by atoms with E-state index in [1.54, 1.807) is 31.3 Å². The highest BCUT2D eigenvalue weighted by atomic mass is 16.5. The number of hydrogen-bond donors (Lipinski definition) is 2. The number of phenols is 1. The smallest absolute Gasteiger partial charge is 0.307 e. The number of phenolic OH excluding ortho intramolecular Hbond substituents is 1. The fourth-order valence-electron chi connectivity index (χ4n) is 1.61. The van der Waals surface area contributed by atoms with Crippen molar-refractivity contribution in [3.05, 3.63) is 29.8 Å². The molecule has 6 heteroatoms. The molecule has 0 bridgehead atoms. The van der Waals surface area contributed by atoms with Gasteiger partial charge in [0, 0.05) is 19.2 Å². The van der Waals surface area contributed by atoms with Gasteiger partial charge in [0.25, 0.3) is 0 Å². The maximum Gasteiger partial charge on any atom is 0.307 e. The Kier molecular flexibility index (Phi) is 5.32. The van der Waals surface area contributed by atoms with Crippen LogP contribution in [0.25, 0.3) is 0 Å². The first-order valence-corrected chi connectivity index (χ1v) is 5.80. The summed E-state index contributed by atoms with van der Waals surface area (Å²) in [5, 5.41) is 9.62. The van der Waals surface area contributed by atoms with Crippen molar-refractivity contribution in [1.82, 2.24) is 4.90 Å². The summed E-state index contributed by atoms with van der Waals surface area (Å²) in [7, 11) is 2.80. The topological polar surface area (TPSA) is 92.9 Å². The molecule has 0 heterocycles. The molecule has 6 nitrogen and oxygen atoms in total. The van der Waals surface area contributed by atoms with Crippen molar-refractivity contribution >= 4 is 11.9 Å². The van der Waals surface area contributed by atoms with E-state index in [1.807, 2.05) is 0 Å². The van der Waals surface area contributed by atoms with Crippen LogP contribution in [0.15, 0.2) is 24.3 Å². The number of nitrogens with zero attached hydrogens (tertiary/aromatic N) is 1. The molecular weight excluding hydrogens is 248 g/mol. The molecule has 1 atom stereocenters. The number of rotatable bonds is 5. The fraction of sp³-hybridized carbons (Fsp3) is 0.385. The lowest BCUT2D eigenvalue weighted by atomic mass is 10.1. The fourth-order valence-corrected chi connectivity index (χ4v) is 1.61. The van der Waals surface area contributed by atoms with Crippen LogP contribution >= 0.6 is 0 Å². The van der Waals surface area contributed by atoms with E-state index in [0.717, 1.165) is 0 Å². The minimum atomic E-state index is -0.941. The molecule has 0 aromatic heterocycles. The number of esters is 1. The molecule has 0 spiro atoms. The number of carbonyl (C=O) groups excluding carboxylic acids is 2. The number of para-hydroxylation sites is 1. The Morgan fingerprint density at radius 3 is 2.63 bits per heavy atom. The molecule has 1 amide bonds. The Labute approximate surface area is 111 Å². The van der Waals surface area contributed by atoms with Gasteiger partial charge in [0.1, 0.15) is 5.75 Å². The van der Waals surface area contributed by atoms with E-state index in [2.05, 4.69) is 4.74 Å². The summed E-state index contributed by atoms with van der Waals surface area (Å²) in [6, 6.07) is 5.78. The van der Waals surface area contributed by atoms with Crippen LogP contribution in [-0.2, 0) is 20.9 Å². The number of methoxy groups -OCH3 is 1. The first kappa shape index (κ1) is 15.0. The van der Waals surface area contributed by atoms with E-state index in [9.17, 15) is 14.7 Å². The van der Waals surface area contributed by atoms with E-state index in [4.69, 9.17) is 5.73 Å². The van der Waals surface area contributed by atoms with Crippen LogP contribution < -0.4 is 5.73 Å². The summed E-state index contributed by atoms with van der Waals surface area (Å²) in [6.07, 6.45) is -0.166. The van der Waals surface area contributed by atoms with Crippen molar-refractivity contribution in [1.29, 1.82) is 0 Å². The van der Waals surface area contributed by atoms with Gasteiger partial charge in [-0.3, -0.25) is 9.59 Å². The number of amides is 1. The van der Waals surface area contributed by atoms with Crippen LogP contribution in [0, 0.1) is 0 Å². The number of carbonyl (C=O) groups is 2. The van der Waals surface area contributed by atoms with Crippen LogP contribution in [0.3, 0.4) is 0 Å². The summed E-state index contributed by atoms with van der Waals surface area (Å²) >= 11 is 0. The van der Waals surface area contributed by atoms with Crippen molar-refractivity contribution in [2.75, 3.05) is 14.2 Å². The van der Waals surface area contributed by atoms with Gasteiger partial charge < -0.3 is 20.5 Å². The summed E-state index contributed by atoms with van der Waals surface area (Å²) in [5.41, 5.74) is 6.25. The van der Waals surface area contributed by atoms with Crippen molar-refractivity contribution in [3.8, 4) is 5.75 Å². The van der Waals surface area contributed by atoms with Crippen molar-refractivity contribution in [3.63, 3.8) is 0 Å². The number of hydrogen-bond acceptors (Lipinski definition) is 5. The molecule has 0 radical (unpaired) electrons. The third kappa shape index (κ3) is 4.26. The highest BCUT2D eigenvalue weighted by molar-refractivity contribution is 5.86. The van der Waals surface area contributed by atoms with Gasteiger partial charge in [0.05, 0.1) is 19.6 Å². The number of nitrogens with two attached hydrogens (primary N) is 1. The average molecular weight is 266 g/mol. The first-order valence-electron chi connectivity index (χ1n) is 5.80. The molecule has 0 aliphatic carbocycles. The highest BCUT2D eigenvalue weighted by Gasteiger charge is 2.21. The highest BCUT2D eigenvalue weighted by Crippen LogP contribution is 2.17. The molecule has 0 aliphatic rings. The second-order valence-electron chi connectivity index (χ2n) is 4.21. The maximum absolute atomic E-state index is 11.9. The number of aromatic hydroxyl groups is 1. The Bertz CT molecular complexity index is 462. The molecular formula is C13H18N2O4. The average Bonchev–Trinajstić information content (AvgIpc) is 2.40. The summed E-state index contributed by atoms with van der Waals surface area (Å²) < 4.78 is 4.46. The molecule has 3 N–H and O–H groups in total. The van der Waals surface area contributed by atoms with Crippen molar-refractivity contribution < 1.29 is 19.4 Å². The van der Waals surface area contributed by atoms with E-state index in [0.29, 0.717) is 5.56 Å². The molecule has 1 aromatic rings. The van der Waals surface area contributed by atoms with Gasteiger partial charge in [-0.2, -0.15) is 0 Å². The summed E-state index contributed by atoms with van der Waals surface area (Å²) in [4.78, 5) is 24.3. The third-order valence-corrected chi connectivity index (χ3v) is 2.71. The molecule has 1 rings (SSSR count). The first-order chi connectivity index (χ1) is 8.95. The summed E-state index contributed by atoms with van der Waals surface area (Å²) in [6.45, 7) is 0.223. The Hall–Kier alpha value is -2.08. The molecule has 0 fully saturated rings. The molecule has 104 valence electrons. The molecule has 0 saturated heterocycles. The zero-order valence-corrected chi connectivity index (χ0v) is 11.0. The van der Waals surface area contributed by atoms with Crippen LogP contribution in [0.1, 0.15) is 12.0 Å². The molecule has 0 unspecified atom stereocenters. The lowest BCUT2D eigenvalue weighted by molar-refractivity contribution is -0.144. The predicted octanol–water partition coefficient (Wildman–Crippen LogP) is 0.241. The van der Waals surface area contributed by atoms with E-state index in [1.165, 1.54) is 12.0 Å². The Morgan fingerprint density at radius 2 is 2.05 bits per heavy atom. The largest absolute Gasteiger partial charge is 0.508 e. The number of likely N-dealkylation sites (N-methyl/N-ethyl adjacent to an activating group) is 1. The van der Waals surface area contributed by atoms with E-state index < -0.39 is 12.0 Å². The monoisotopic (exact) mass is 266 g/mol. The van der Waals surface area contributed by atoms with Crippen LogP contribution in [0.4, 0.5) is 0 Å². The van der Waals surface area contributed by atoms with Gasteiger partial charge in [-0.15, -0.1) is 0 Å². The van der Waals surface area contributed by atoms with Gasteiger partial charge in [-0.1, -0.05) is 18.2 Å². The van der Waals surface area contributed by atoms with Gasteiger partial charge in [0.2, 0.25) is 5.91 Å². The Morgan fingerprint density at radius 1 is 1.42 bits per heavy atom. The molecule has 19 heavy (non-hydrogen) atoms. The second-order valence-corrected chi connectivity index (χ2v) is 4.21. The van der Waals surface area contributed by atoms with E-state index >= 15 is 0 Å². The molecule has 0 saturated carbocycles. The lowest BCUT2D eigenvalue weighted by Crippen LogP contribution is -2.42. The standard InChI is InChI=1S/C13H18N2O4/c1-15(8-9-5-3-4-6-11(9)16)13(18)10(14)7-12(17)19-2/h3-6,10,16H,7-8,14H2,1-2H3/t10-/m0/s1. The maximum atomic E-state index is 11.9. The quantitative estimate of drug-likeness (QED) is 0.745. The third-order valence-electron chi connectivity index (χ3n) is 2.71. The number of ether oxygens (including phenoxy) is 1. The van der Waals surface area contributed by atoms with Gasteiger partial charge in [-0.25, -0.2) is 0 Å². The molecule has 1 aromatic carbocycles. The minimum Gasteiger partial charge on any atom is -0.508 e. The second kappa shape index (κ2) is 6.75. The van der Waals surface area contributed by atoms with Crippen LogP contribution in [0.2, 0.25) is 0 Å². The normalized spacial score (nSPS) is 11.7. The van der Waals surface area contributed by atoms with Crippen molar-refractivity contribution in [2.45, 2.75) is 19.0 Å². The SMILES string of the molecule is COC(=O)C[C@H](N)C(=O)N(C)Cc1ccccc1O. The Balaban J connectivity index is 2.62. The van der Waals surface area contributed by atoms with Gasteiger partial charge >= 0.3 is 5.97 Å². The zero-order chi connectivity index (χ0) is 14.4. The van der Waals surface area contributed by atoms with E-state index in [-0.39, 0.29) is 24.6 Å².